The van der Waals surface area contributed by atoms with Gasteiger partial charge in [-0.25, -0.2) is 0 Å². The van der Waals surface area contributed by atoms with E-state index in [2.05, 4.69) is 32.1 Å². The maximum atomic E-state index is 5.87. The number of rotatable bonds is 3. The molecule has 2 saturated carbocycles. The lowest BCUT2D eigenvalue weighted by Gasteiger charge is -2.41. The molecule has 2 aliphatic carbocycles. The topological polar surface area (TPSA) is 38.0 Å². The Morgan fingerprint density at radius 1 is 1.16 bits per heavy atom. The molecule has 1 aromatic rings. The summed E-state index contributed by atoms with van der Waals surface area (Å²) in [4.78, 5) is 0. The molecule has 0 saturated heterocycles. The van der Waals surface area contributed by atoms with Crippen molar-refractivity contribution in [1.82, 2.24) is 5.43 Å². The Labute approximate surface area is 128 Å². The van der Waals surface area contributed by atoms with Gasteiger partial charge in [0, 0.05) is 9.85 Å². The third-order valence-electron chi connectivity index (χ3n) is 5.21. The average Bonchev–Trinajstić information content (AvgIpc) is 2.86. The van der Waals surface area contributed by atoms with E-state index in [1.807, 2.05) is 0 Å². The molecule has 19 heavy (non-hydrogen) atoms. The van der Waals surface area contributed by atoms with Crippen LogP contribution in [-0.4, -0.2) is 0 Å². The number of nitrogens with one attached hydrogen (secondary N) is 1. The molecule has 0 bridgehead atoms. The molecule has 0 aromatic carbocycles. The molecule has 0 aliphatic heterocycles. The minimum absolute atomic E-state index is 0.323. The number of fused-ring (bicyclic) bond motifs is 1. The van der Waals surface area contributed by atoms with Gasteiger partial charge in [-0.15, -0.1) is 0 Å². The van der Waals surface area contributed by atoms with E-state index < -0.39 is 0 Å². The fraction of sp³-hybridized carbons (Fsp3) is 0.733. The third-order valence-corrected chi connectivity index (χ3v) is 6.96. The predicted octanol–water partition coefficient (Wildman–Crippen LogP) is 4.62. The first kappa shape index (κ1) is 14.1. The van der Waals surface area contributed by atoms with Crippen molar-refractivity contribution in [2.45, 2.75) is 51.0 Å². The van der Waals surface area contributed by atoms with Gasteiger partial charge in [0.25, 0.3) is 0 Å². The highest BCUT2D eigenvalue weighted by Crippen LogP contribution is 2.47. The second-order valence-corrected chi connectivity index (χ2v) is 7.80. The van der Waals surface area contributed by atoms with Crippen LogP contribution in [0.15, 0.2) is 15.2 Å². The highest BCUT2D eigenvalue weighted by molar-refractivity contribution is 9.10. The summed E-state index contributed by atoms with van der Waals surface area (Å²) in [7, 11) is 0. The number of halogens is 1. The molecule has 1 heterocycles. The van der Waals surface area contributed by atoms with Crippen molar-refractivity contribution in [2.24, 2.45) is 23.6 Å². The second-order valence-electron chi connectivity index (χ2n) is 6.20. The summed E-state index contributed by atoms with van der Waals surface area (Å²) in [6.07, 6.45) is 9.93. The minimum Gasteiger partial charge on any atom is -0.271 e. The van der Waals surface area contributed by atoms with Gasteiger partial charge < -0.3 is 0 Å². The van der Waals surface area contributed by atoms with E-state index in [0.717, 1.165) is 11.8 Å². The van der Waals surface area contributed by atoms with Crippen LogP contribution in [0, 0.1) is 17.8 Å². The Hall–Kier alpha value is 0.100. The van der Waals surface area contributed by atoms with E-state index in [4.69, 9.17) is 5.84 Å². The summed E-state index contributed by atoms with van der Waals surface area (Å²) in [6, 6.07) is 0.323. The van der Waals surface area contributed by atoms with E-state index in [1.54, 1.807) is 11.3 Å². The Kier molecular flexibility index (Phi) is 4.62. The van der Waals surface area contributed by atoms with Crippen LogP contribution in [0.4, 0.5) is 0 Å². The molecule has 0 amide bonds. The molecule has 4 heteroatoms. The number of thiophene rings is 1. The Balaban J connectivity index is 1.72. The zero-order valence-electron chi connectivity index (χ0n) is 11.3. The Morgan fingerprint density at radius 2 is 1.95 bits per heavy atom. The SMILES string of the molecule is NNC(c1cscc1Br)C1CCC2CCCCC2C1. The normalized spacial score (nSPS) is 32.8. The third kappa shape index (κ3) is 2.92. The number of hydrogen-bond acceptors (Lipinski definition) is 3. The molecule has 1 aromatic heterocycles. The zero-order valence-corrected chi connectivity index (χ0v) is 13.7. The summed E-state index contributed by atoms with van der Waals surface area (Å²) in [5.74, 6) is 8.54. The number of hydrazine groups is 1. The van der Waals surface area contributed by atoms with Gasteiger partial charge in [-0.05, 0) is 63.9 Å². The van der Waals surface area contributed by atoms with Gasteiger partial charge in [0.2, 0.25) is 0 Å². The molecule has 2 aliphatic rings. The van der Waals surface area contributed by atoms with Crippen LogP contribution in [0.1, 0.15) is 56.6 Å². The van der Waals surface area contributed by atoms with Gasteiger partial charge >= 0.3 is 0 Å². The van der Waals surface area contributed by atoms with Crippen LogP contribution in [0.3, 0.4) is 0 Å². The van der Waals surface area contributed by atoms with Gasteiger partial charge in [-0.2, -0.15) is 11.3 Å². The van der Waals surface area contributed by atoms with Crippen molar-refractivity contribution in [3.63, 3.8) is 0 Å². The van der Waals surface area contributed by atoms with Crippen LogP contribution in [0.25, 0.3) is 0 Å². The van der Waals surface area contributed by atoms with Gasteiger partial charge in [0.15, 0.2) is 0 Å². The van der Waals surface area contributed by atoms with Gasteiger partial charge in [0.1, 0.15) is 0 Å². The van der Waals surface area contributed by atoms with Crippen LogP contribution in [0.2, 0.25) is 0 Å². The van der Waals surface area contributed by atoms with Crippen molar-refractivity contribution < 1.29 is 0 Å². The van der Waals surface area contributed by atoms with Crippen LogP contribution in [0.5, 0.6) is 0 Å². The van der Waals surface area contributed by atoms with E-state index in [1.165, 1.54) is 55.0 Å². The number of hydrogen-bond donors (Lipinski definition) is 2. The largest absolute Gasteiger partial charge is 0.271 e. The van der Waals surface area contributed by atoms with E-state index >= 15 is 0 Å². The molecule has 3 rings (SSSR count). The molecular weight excluding hydrogens is 320 g/mol. The second kappa shape index (κ2) is 6.25. The lowest BCUT2D eigenvalue weighted by Crippen LogP contribution is -2.38. The highest BCUT2D eigenvalue weighted by atomic mass is 79.9. The standard InChI is InChI=1S/C15H23BrN2S/c16-14-9-19-8-13(14)15(18-17)12-6-5-10-3-1-2-4-11(10)7-12/h8-12,15,18H,1-7,17H2. The maximum Gasteiger partial charge on any atom is 0.0507 e. The fourth-order valence-corrected chi connectivity index (χ4v) is 5.79. The maximum absolute atomic E-state index is 5.87. The molecule has 0 spiro atoms. The van der Waals surface area contributed by atoms with Crippen molar-refractivity contribution in [1.29, 1.82) is 0 Å². The summed E-state index contributed by atoms with van der Waals surface area (Å²) < 4.78 is 1.21. The average molecular weight is 343 g/mol. The zero-order chi connectivity index (χ0) is 13.2. The van der Waals surface area contributed by atoms with Gasteiger partial charge in [-0.3, -0.25) is 11.3 Å². The first-order valence-electron chi connectivity index (χ1n) is 7.47. The van der Waals surface area contributed by atoms with Gasteiger partial charge in [0.05, 0.1) is 6.04 Å². The van der Waals surface area contributed by atoms with Crippen LogP contribution >= 0.6 is 27.3 Å². The number of nitrogens with two attached hydrogens (primary N) is 1. The lowest BCUT2D eigenvalue weighted by molar-refractivity contribution is 0.109. The van der Waals surface area contributed by atoms with Crippen molar-refractivity contribution in [3.8, 4) is 0 Å². The molecule has 4 unspecified atom stereocenters. The van der Waals surface area contributed by atoms with Crippen LogP contribution in [-0.2, 0) is 0 Å². The van der Waals surface area contributed by atoms with Crippen molar-refractivity contribution >= 4 is 27.3 Å². The first-order valence-corrected chi connectivity index (χ1v) is 9.21. The van der Waals surface area contributed by atoms with Crippen LogP contribution < -0.4 is 11.3 Å². The van der Waals surface area contributed by atoms with Crippen molar-refractivity contribution in [2.75, 3.05) is 0 Å². The molecular formula is C15H23BrN2S. The first-order chi connectivity index (χ1) is 9.29. The minimum atomic E-state index is 0.323. The Morgan fingerprint density at radius 3 is 2.63 bits per heavy atom. The van der Waals surface area contributed by atoms with Crippen molar-refractivity contribution in [3.05, 3.63) is 20.8 Å². The molecule has 0 radical (unpaired) electrons. The summed E-state index contributed by atoms with van der Waals surface area (Å²) in [5, 5.41) is 4.40. The molecule has 2 nitrogen and oxygen atoms in total. The summed E-state index contributed by atoms with van der Waals surface area (Å²) in [6.45, 7) is 0. The lowest BCUT2D eigenvalue weighted by atomic mass is 9.65. The van der Waals surface area contributed by atoms with Gasteiger partial charge in [-0.1, -0.05) is 25.7 Å². The predicted molar refractivity (Wildman–Crippen MR) is 84.9 cm³/mol. The molecule has 2 fully saturated rings. The fourth-order valence-electron chi connectivity index (χ4n) is 4.21. The summed E-state index contributed by atoms with van der Waals surface area (Å²) >= 11 is 5.41. The van der Waals surface area contributed by atoms with E-state index in [-0.39, 0.29) is 0 Å². The quantitative estimate of drug-likeness (QED) is 0.621. The molecule has 106 valence electrons. The smallest absolute Gasteiger partial charge is 0.0507 e. The highest BCUT2D eigenvalue weighted by Gasteiger charge is 2.36. The monoisotopic (exact) mass is 342 g/mol. The van der Waals surface area contributed by atoms with E-state index in [0.29, 0.717) is 12.0 Å². The summed E-state index contributed by atoms with van der Waals surface area (Å²) in [5.41, 5.74) is 4.44. The molecule has 3 N–H and O–H groups in total. The molecule has 4 atom stereocenters. The van der Waals surface area contributed by atoms with E-state index in [9.17, 15) is 0 Å². The Bertz CT molecular complexity index is 420.